The Bertz CT molecular complexity index is 821. The Kier molecular flexibility index (Phi) is 4.54. The molecule has 0 bridgehead atoms. The third-order valence-electron chi connectivity index (χ3n) is 8.58. The fourth-order valence-electron chi connectivity index (χ4n) is 6.75. The summed E-state index contributed by atoms with van der Waals surface area (Å²) < 4.78 is 0. The van der Waals surface area contributed by atoms with Crippen LogP contribution >= 0.6 is 12.4 Å². The van der Waals surface area contributed by atoms with Gasteiger partial charge in [-0.15, -0.1) is 12.4 Å². The maximum absolute atomic E-state index is 3.51. The third-order valence-corrected chi connectivity index (χ3v) is 8.58. The van der Waals surface area contributed by atoms with Gasteiger partial charge in [0.05, 0.1) is 6.04 Å². The molecule has 3 heteroatoms. The van der Waals surface area contributed by atoms with E-state index < -0.39 is 0 Å². The van der Waals surface area contributed by atoms with Crippen LogP contribution in [0.15, 0.2) is 58.6 Å². The second kappa shape index (κ2) is 6.83. The van der Waals surface area contributed by atoms with Crippen LogP contribution in [0, 0.1) is 29.6 Å². The molecule has 4 unspecified atom stereocenters. The quantitative estimate of drug-likeness (QED) is 0.642. The minimum Gasteiger partial charge on any atom is -0.387 e. The third kappa shape index (κ3) is 2.60. The number of dihydropyridines is 1. The van der Waals surface area contributed by atoms with Crippen LogP contribution in [-0.4, -0.2) is 17.5 Å². The molecule has 0 aromatic carbocycles. The van der Waals surface area contributed by atoms with Crippen molar-refractivity contribution in [1.82, 2.24) is 10.2 Å². The predicted octanol–water partition coefficient (Wildman–Crippen LogP) is 5.72. The molecule has 28 heavy (non-hydrogen) atoms. The van der Waals surface area contributed by atoms with E-state index in [1.807, 2.05) is 0 Å². The van der Waals surface area contributed by atoms with Crippen LogP contribution in [0.2, 0.25) is 0 Å². The van der Waals surface area contributed by atoms with Gasteiger partial charge >= 0.3 is 0 Å². The Hall–Kier alpha value is -1.41. The Labute approximate surface area is 175 Å². The Balaban J connectivity index is 0.00000171. The number of hydrogen-bond donors (Lipinski definition) is 1. The van der Waals surface area contributed by atoms with Crippen molar-refractivity contribution >= 4 is 12.4 Å². The van der Waals surface area contributed by atoms with Gasteiger partial charge in [-0.1, -0.05) is 32.1 Å². The maximum atomic E-state index is 3.51. The largest absolute Gasteiger partial charge is 0.387 e. The molecule has 3 heterocycles. The zero-order valence-electron chi connectivity index (χ0n) is 17.2. The lowest BCUT2D eigenvalue weighted by Gasteiger charge is -2.37. The first kappa shape index (κ1) is 18.6. The van der Waals surface area contributed by atoms with E-state index in [0.717, 1.165) is 30.2 Å². The highest BCUT2D eigenvalue weighted by Gasteiger charge is 2.49. The minimum atomic E-state index is 0. The van der Waals surface area contributed by atoms with Gasteiger partial charge < -0.3 is 10.2 Å². The van der Waals surface area contributed by atoms with Crippen LogP contribution in [0.5, 0.6) is 0 Å². The molecule has 0 amide bonds. The molecule has 6 atom stereocenters. The van der Waals surface area contributed by atoms with Crippen molar-refractivity contribution in [2.45, 2.75) is 58.4 Å². The van der Waals surface area contributed by atoms with E-state index in [0.29, 0.717) is 12.0 Å². The molecule has 2 fully saturated rings. The lowest BCUT2D eigenvalue weighted by molar-refractivity contribution is 0.311. The van der Waals surface area contributed by atoms with Gasteiger partial charge in [-0.05, 0) is 79.4 Å². The zero-order chi connectivity index (χ0) is 18.1. The molecule has 1 saturated heterocycles. The van der Waals surface area contributed by atoms with E-state index in [9.17, 15) is 0 Å². The molecule has 0 radical (unpaired) electrons. The maximum Gasteiger partial charge on any atom is 0.0588 e. The average Bonchev–Trinajstić information content (AvgIpc) is 3.17. The second-order valence-electron chi connectivity index (χ2n) is 9.73. The standard InChI is InChI=1S/C25H32N2.ClH/c1-15-16(2)21(15)13-18-8-10-20-22-14-26-12-11-24(22)27-23-6-4-3-5-17(23)7-9-19(18)25(20)27;/h3,5,7,11,14-16,18,20-21,23,26H,4,6,8-10,12-13H2,1-2H3;1H/t15-,16+,18?,20?,21?,23?;. The van der Waals surface area contributed by atoms with Gasteiger partial charge in [0.15, 0.2) is 0 Å². The molecular formula is C25H33ClN2. The number of rotatable bonds is 2. The highest BCUT2D eigenvalue weighted by Crippen LogP contribution is 2.57. The second-order valence-corrected chi connectivity index (χ2v) is 9.73. The highest BCUT2D eigenvalue weighted by atomic mass is 35.5. The van der Waals surface area contributed by atoms with Crippen molar-refractivity contribution < 1.29 is 0 Å². The Morgan fingerprint density at radius 3 is 2.79 bits per heavy atom. The summed E-state index contributed by atoms with van der Waals surface area (Å²) in [5, 5.41) is 3.51. The van der Waals surface area contributed by atoms with Gasteiger partial charge in [-0.25, -0.2) is 0 Å². The predicted molar refractivity (Wildman–Crippen MR) is 118 cm³/mol. The molecule has 1 saturated carbocycles. The molecule has 0 aromatic rings. The number of nitrogens with one attached hydrogen (secondary N) is 1. The SMILES string of the molecule is C[C@@H]1C(CC2CCC3C4=CNCC=C4N4C3=C2CC=C2C=CCCC24)[C@@H]1C.Cl. The van der Waals surface area contributed by atoms with Gasteiger partial charge in [-0.2, -0.15) is 0 Å². The van der Waals surface area contributed by atoms with Crippen LogP contribution in [0.4, 0.5) is 0 Å². The van der Waals surface area contributed by atoms with Crippen molar-refractivity contribution in [2.75, 3.05) is 6.54 Å². The average molecular weight is 397 g/mol. The molecule has 0 aromatic heterocycles. The normalized spacial score (nSPS) is 40.1. The lowest BCUT2D eigenvalue weighted by Crippen LogP contribution is -2.35. The van der Waals surface area contributed by atoms with Gasteiger partial charge in [0.1, 0.15) is 0 Å². The fraction of sp³-hybridized carbons (Fsp3) is 0.600. The molecule has 1 N–H and O–H groups in total. The number of hydrogen-bond acceptors (Lipinski definition) is 2. The molecule has 150 valence electrons. The Morgan fingerprint density at radius 2 is 1.96 bits per heavy atom. The van der Waals surface area contributed by atoms with Gasteiger partial charge in [0, 0.05) is 35.6 Å². The summed E-state index contributed by atoms with van der Waals surface area (Å²) in [5.74, 6) is 4.31. The molecule has 6 aliphatic rings. The summed E-state index contributed by atoms with van der Waals surface area (Å²) in [5.41, 5.74) is 8.20. The molecule has 2 nitrogen and oxygen atoms in total. The Morgan fingerprint density at radius 1 is 1.11 bits per heavy atom. The van der Waals surface area contributed by atoms with Crippen molar-refractivity contribution in [1.29, 1.82) is 0 Å². The number of fused-ring (bicyclic) bond motifs is 5. The highest BCUT2D eigenvalue weighted by molar-refractivity contribution is 5.85. The summed E-state index contributed by atoms with van der Waals surface area (Å²) >= 11 is 0. The molecular weight excluding hydrogens is 364 g/mol. The number of halogens is 1. The molecule has 6 rings (SSSR count). The zero-order valence-corrected chi connectivity index (χ0v) is 18.0. The summed E-state index contributed by atoms with van der Waals surface area (Å²) in [6.07, 6.45) is 20.0. The van der Waals surface area contributed by atoms with E-state index in [2.05, 4.69) is 54.6 Å². The molecule has 0 spiro atoms. The summed E-state index contributed by atoms with van der Waals surface area (Å²) in [6.45, 7) is 5.91. The molecule has 3 aliphatic heterocycles. The van der Waals surface area contributed by atoms with Crippen molar-refractivity contribution in [2.24, 2.45) is 29.6 Å². The summed E-state index contributed by atoms with van der Waals surface area (Å²) in [6, 6.07) is 0.567. The topological polar surface area (TPSA) is 15.3 Å². The van der Waals surface area contributed by atoms with E-state index in [-0.39, 0.29) is 12.4 Å². The van der Waals surface area contributed by atoms with E-state index in [1.54, 1.807) is 22.4 Å². The van der Waals surface area contributed by atoms with Gasteiger partial charge in [-0.3, -0.25) is 0 Å². The summed E-state index contributed by atoms with van der Waals surface area (Å²) in [4.78, 5) is 2.81. The van der Waals surface area contributed by atoms with E-state index in [4.69, 9.17) is 0 Å². The number of allylic oxidation sites excluding steroid dienone is 5. The van der Waals surface area contributed by atoms with E-state index >= 15 is 0 Å². The minimum absolute atomic E-state index is 0. The summed E-state index contributed by atoms with van der Waals surface area (Å²) in [7, 11) is 0. The molecule has 3 aliphatic carbocycles. The van der Waals surface area contributed by atoms with E-state index in [1.165, 1.54) is 44.2 Å². The van der Waals surface area contributed by atoms with Crippen LogP contribution < -0.4 is 5.32 Å². The van der Waals surface area contributed by atoms with Crippen LogP contribution in [0.3, 0.4) is 0 Å². The van der Waals surface area contributed by atoms with Crippen LogP contribution in [-0.2, 0) is 0 Å². The fourth-order valence-corrected chi connectivity index (χ4v) is 6.75. The van der Waals surface area contributed by atoms with Crippen LogP contribution in [0.25, 0.3) is 0 Å². The van der Waals surface area contributed by atoms with Crippen molar-refractivity contribution in [3.8, 4) is 0 Å². The first-order valence-electron chi connectivity index (χ1n) is 11.3. The first-order valence-corrected chi connectivity index (χ1v) is 11.3. The smallest absolute Gasteiger partial charge is 0.0588 e. The number of nitrogens with zero attached hydrogens (tertiary/aromatic N) is 1. The van der Waals surface area contributed by atoms with Gasteiger partial charge in [0.2, 0.25) is 0 Å². The lowest BCUT2D eigenvalue weighted by atomic mass is 9.75. The monoisotopic (exact) mass is 396 g/mol. The first-order chi connectivity index (χ1) is 13.2. The van der Waals surface area contributed by atoms with Crippen molar-refractivity contribution in [3.63, 3.8) is 0 Å². The van der Waals surface area contributed by atoms with Crippen LogP contribution in [0.1, 0.15) is 52.4 Å². The van der Waals surface area contributed by atoms with Gasteiger partial charge in [0.25, 0.3) is 0 Å². The van der Waals surface area contributed by atoms with Crippen molar-refractivity contribution in [3.05, 3.63) is 58.6 Å².